The van der Waals surface area contributed by atoms with Crippen LogP contribution < -0.4 is 10.6 Å². The van der Waals surface area contributed by atoms with E-state index in [4.69, 9.17) is 0 Å². The summed E-state index contributed by atoms with van der Waals surface area (Å²) in [6.45, 7) is 5.27. The molecule has 0 aromatic heterocycles. The molecule has 0 aliphatic carbocycles. The molecule has 0 atom stereocenters. The van der Waals surface area contributed by atoms with Crippen molar-refractivity contribution in [2.45, 2.75) is 20.3 Å². The highest BCUT2D eigenvalue weighted by molar-refractivity contribution is 5.90. The van der Waals surface area contributed by atoms with E-state index in [0.717, 1.165) is 18.7 Å². The molecule has 0 aliphatic rings. The van der Waals surface area contributed by atoms with Crippen LogP contribution in [0.1, 0.15) is 20.3 Å². The zero-order chi connectivity index (χ0) is 14.4. The fraction of sp³-hybridized carbons (Fsp3) is 0.462. The van der Waals surface area contributed by atoms with Gasteiger partial charge in [-0.25, -0.2) is 13.2 Å². The van der Waals surface area contributed by atoms with Gasteiger partial charge in [0.1, 0.15) is 0 Å². The standard InChI is InChI=1S/C13H17F3N2O/c1-8(2)7-17-6-5-11(19)18-10-4-3-9(14)12(15)13(10)16/h3-4,8,17H,5-7H2,1-2H3,(H,18,19). The van der Waals surface area contributed by atoms with Crippen LogP contribution in [-0.4, -0.2) is 19.0 Å². The molecule has 0 aliphatic heterocycles. The van der Waals surface area contributed by atoms with Gasteiger partial charge in [-0.05, 0) is 24.6 Å². The molecule has 0 heterocycles. The smallest absolute Gasteiger partial charge is 0.225 e. The molecule has 1 amide bonds. The molecule has 0 unspecified atom stereocenters. The number of rotatable bonds is 6. The minimum Gasteiger partial charge on any atom is -0.323 e. The monoisotopic (exact) mass is 274 g/mol. The second kappa shape index (κ2) is 7.13. The Morgan fingerprint density at radius 2 is 1.89 bits per heavy atom. The van der Waals surface area contributed by atoms with Crippen LogP contribution in [0, 0.1) is 23.4 Å². The number of benzene rings is 1. The van der Waals surface area contributed by atoms with E-state index >= 15 is 0 Å². The highest BCUT2D eigenvalue weighted by atomic mass is 19.2. The van der Waals surface area contributed by atoms with Crippen molar-refractivity contribution in [2.24, 2.45) is 5.92 Å². The summed E-state index contributed by atoms with van der Waals surface area (Å²) in [7, 11) is 0. The number of amides is 1. The Kier molecular flexibility index (Phi) is 5.82. The fourth-order valence-electron chi connectivity index (χ4n) is 1.43. The van der Waals surface area contributed by atoms with Crippen LogP contribution in [0.25, 0.3) is 0 Å². The third-order valence-electron chi connectivity index (χ3n) is 2.39. The summed E-state index contributed by atoms with van der Waals surface area (Å²) in [5, 5.41) is 5.25. The summed E-state index contributed by atoms with van der Waals surface area (Å²) in [6.07, 6.45) is 0.130. The average molecular weight is 274 g/mol. The van der Waals surface area contributed by atoms with Crippen molar-refractivity contribution < 1.29 is 18.0 Å². The topological polar surface area (TPSA) is 41.1 Å². The third kappa shape index (κ3) is 4.90. The van der Waals surface area contributed by atoms with E-state index in [1.165, 1.54) is 0 Å². The van der Waals surface area contributed by atoms with Crippen LogP contribution in [0.15, 0.2) is 12.1 Å². The quantitative estimate of drug-likeness (QED) is 0.618. The Bertz CT molecular complexity index is 450. The van der Waals surface area contributed by atoms with E-state index < -0.39 is 23.4 Å². The summed E-state index contributed by atoms with van der Waals surface area (Å²) < 4.78 is 38.9. The molecule has 0 radical (unpaired) electrons. The van der Waals surface area contributed by atoms with Gasteiger partial charge < -0.3 is 10.6 Å². The molecular weight excluding hydrogens is 257 g/mol. The molecule has 19 heavy (non-hydrogen) atoms. The first-order valence-electron chi connectivity index (χ1n) is 6.06. The van der Waals surface area contributed by atoms with E-state index in [2.05, 4.69) is 10.6 Å². The normalized spacial score (nSPS) is 10.8. The molecule has 1 aromatic rings. The van der Waals surface area contributed by atoms with Crippen molar-refractivity contribution >= 4 is 11.6 Å². The van der Waals surface area contributed by atoms with E-state index in [1.807, 2.05) is 13.8 Å². The van der Waals surface area contributed by atoms with Crippen molar-refractivity contribution in [1.29, 1.82) is 0 Å². The first-order valence-corrected chi connectivity index (χ1v) is 6.06. The molecule has 0 spiro atoms. The number of nitrogens with one attached hydrogen (secondary N) is 2. The summed E-state index contributed by atoms with van der Waals surface area (Å²) in [6, 6.07) is 1.76. The molecule has 3 nitrogen and oxygen atoms in total. The number of anilines is 1. The minimum absolute atomic E-state index is 0.130. The Balaban J connectivity index is 2.47. The molecule has 0 bridgehead atoms. The van der Waals surface area contributed by atoms with E-state index in [0.29, 0.717) is 12.5 Å². The van der Waals surface area contributed by atoms with Crippen LogP contribution in [-0.2, 0) is 4.79 Å². The molecule has 0 fully saturated rings. The first-order chi connectivity index (χ1) is 8.91. The van der Waals surface area contributed by atoms with Crippen LogP contribution in [0.3, 0.4) is 0 Å². The predicted octanol–water partition coefficient (Wildman–Crippen LogP) is 2.68. The maximum Gasteiger partial charge on any atom is 0.225 e. The zero-order valence-electron chi connectivity index (χ0n) is 10.9. The Morgan fingerprint density at radius 3 is 2.53 bits per heavy atom. The zero-order valence-corrected chi connectivity index (χ0v) is 10.9. The molecular formula is C13H17F3N2O. The van der Waals surface area contributed by atoms with Gasteiger partial charge in [-0.1, -0.05) is 13.8 Å². The largest absolute Gasteiger partial charge is 0.323 e. The number of carbonyl (C=O) groups excluding carboxylic acids is 1. The lowest BCUT2D eigenvalue weighted by atomic mass is 10.2. The van der Waals surface area contributed by atoms with Crippen LogP contribution in [0.4, 0.5) is 18.9 Å². The summed E-state index contributed by atoms with van der Waals surface area (Å²) in [4.78, 5) is 11.5. The highest BCUT2D eigenvalue weighted by Gasteiger charge is 2.14. The van der Waals surface area contributed by atoms with Gasteiger partial charge in [0.15, 0.2) is 17.5 Å². The van der Waals surface area contributed by atoms with Crippen molar-refractivity contribution in [3.63, 3.8) is 0 Å². The van der Waals surface area contributed by atoms with Gasteiger partial charge in [0.2, 0.25) is 5.91 Å². The van der Waals surface area contributed by atoms with Gasteiger partial charge in [-0.2, -0.15) is 0 Å². The molecule has 1 aromatic carbocycles. The minimum atomic E-state index is -1.59. The van der Waals surface area contributed by atoms with E-state index in [9.17, 15) is 18.0 Å². The molecule has 0 saturated carbocycles. The van der Waals surface area contributed by atoms with Crippen molar-refractivity contribution in [2.75, 3.05) is 18.4 Å². The van der Waals surface area contributed by atoms with Gasteiger partial charge in [-0.15, -0.1) is 0 Å². The summed E-state index contributed by atoms with van der Waals surface area (Å²) in [5.41, 5.74) is -0.354. The Hall–Kier alpha value is -1.56. The lowest BCUT2D eigenvalue weighted by molar-refractivity contribution is -0.116. The van der Waals surface area contributed by atoms with Crippen molar-refractivity contribution in [1.82, 2.24) is 5.32 Å². The van der Waals surface area contributed by atoms with Crippen molar-refractivity contribution in [3.05, 3.63) is 29.6 Å². The summed E-state index contributed by atoms with van der Waals surface area (Å²) >= 11 is 0. The second-order valence-corrected chi connectivity index (χ2v) is 4.62. The maximum absolute atomic E-state index is 13.3. The van der Waals surface area contributed by atoms with Gasteiger partial charge in [0, 0.05) is 13.0 Å². The number of carbonyl (C=O) groups is 1. The first kappa shape index (κ1) is 15.5. The Labute approximate surface area is 110 Å². The van der Waals surface area contributed by atoms with E-state index in [-0.39, 0.29) is 12.1 Å². The maximum atomic E-state index is 13.3. The molecule has 1 rings (SSSR count). The lowest BCUT2D eigenvalue weighted by Gasteiger charge is -2.09. The predicted molar refractivity (Wildman–Crippen MR) is 67.3 cm³/mol. The molecule has 106 valence electrons. The van der Waals surface area contributed by atoms with Crippen LogP contribution in [0.5, 0.6) is 0 Å². The van der Waals surface area contributed by atoms with Gasteiger partial charge in [0.25, 0.3) is 0 Å². The van der Waals surface area contributed by atoms with Crippen LogP contribution >= 0.6 is 0 Å². The fourth-order valence-corrected chi connectivity index (χ4v) is 1.43. The highest BCUT2D eigenvalue weighted by Crippen LogP contribution is 2.19. The number of hydrogen-bond acceptors (Lipinski definition) is 2. The second-order valence-electron chi connectivity index (χ2n) is 4.62. The van der Waals surface area contributed by atoms with E-state index in [1.54, 1.807) is 0 Å². The van der Waals surface area contributed by atoms with Gasteiger partial charge in [0.05, 0.1) is 5.69 Å². The van der Waals surface area contributed by atoms with Crippen molar-refractivity contribution in [3.8, 4) is 0 Å². The third-order valence-corrected chi connectivity index (χ3v) is 2.39. The number of halogens is 3. The summed E-state index contributed by atoms with van der Waals surface area (Å²) in [5.74, 6) is -4.25. The average Bonchev–Trinajstić information content (AvgIpc) is 2.35. The van der Waals surface area contributed by atoms with Crippen LogP contribution in [0.2, 0.25) is 0 Å². The lowest BCUT2D eigenvalue weighted by Crippen LogP contribution is -2.25. The molecule has 6 heteroatoms. The molecule has 0 saturated heterocycles. The van der Waals surface area contributed by atoms with Gasteiger partial charge >= 0.3 is 0 Å². The number of hydrogen-bond donors (Lipinski definition) is 2. The Morgan fingerprint density at radius 1 is 1.21 bits per heavy atom. The molecule has 2 N–H and O–H groups in total. The SMILES string of the molecule is CC(C)CNCCC(=O)Nc1ccc(F)c(F)c1F. The van der Waals surface area contributed by atoms with Gasteiger partial charge in [-0.3, -0.25) is 4.79 Å².